The number of para-hydroxylation sites is 1. The molecule has 0 saturated heterocycles. The lowest BCUT2D eigenvalue weighted by atomic mass is 10.1. The van der Waals surface area contributed by atoms with E-state index in [2.05, 4.69) is 26.2 Å². The van der Waals surface area contributed by atoms with E-state index in [4.69, 9.17) is 17.3 Å². The molecule has 0 aliphatic rings. The van der Waals surface area contributed by atoms with Gasteiger partial charge in [0.1, 0.15) is 0 Å². The molecule has 0 bridgehead atoms. The van der Waals surface area contributed by atoms with E-state index in [0.717, 1.165) is 21.4 Å². The molecule has 6 heteroatoms. The van der Waals surface area contributed by atoms with Crippen LogP contribution in [0.2, 0.25) is 5.02 Å². The number of benzene rings is 2. The molecule has 2 N–H and O–H groups in total. The first-order valence-electron chi connectivity index (χ1n) is 6.33. The first-order valence-corrected chi connectivity index (χ1v) is 7.50. The Bertz CT molecular complexity index is 757. The van der Waals surface area contributed by atoms with Crippen LogP contribution in [-0.2, 0) is 0 Å². The Labute approximate surface area is 135 Å². The Morgan fingerprint density at radius 1 is 1.14 bits per heavy atom. The van der Waals surface area contributed by atoms with Gasteiger partial charge >= 0.3 is 0 Å². The van der Waals surface area contributed by atoms with Crippen LogP contribution in [-0.4, -0.2) is 15.0 Å². The molecule has 2 aromatic carbocycles. The van der Waals surface area contributed by atoms with E-state index in [-0.39, 0.29) is 6.04 Å². The van der Waals surface area contributed by atoms with Crippen molar-refractivity contribution in [3.63, 3.8) is 0 Å². The number of aromatic nitrogens is 3. The summed E-state index contributed by atoms with van der Waals surface area (Å²) in [6.45, 7) is 0. The Kier molecular flexibility index (Phi) is 4.05. The number of rotatable bonds is 3. The number of halogens is 2. The zero-order chi connectivity index (χ0) is 14.8. The Morgan fingerprint density at radius 3 is 2.62 bits per heavy atom. The van der Waals surface area contributed by atoms with E-state index in [1.54, 1.807) is 10.9 Å². The minimum atomic E-state index is -0.339. The molecule has 1 unspecified atom stereocenters. The largest absolute Gasteiger partial charge is 0.319 e. The molecule has 0 aliphatic carbocycles. The molecule has 4 nitrogen and oxygen atoms in total. The predicted octanol–water partition coefficient (Wildman–Crippen LogP) is 3.73. The average molecular weight is 364 g/mol. The summed E-state index contributed by atoms with van der Waals surface area (Å²) in [6.07, 6.45) is 1.68. The van der Waals surface area contributed by atoms with Gasteiger partial charge < -0.3 is 5.73 Å². The van der Waals surface area contributed by atoms with Crippen molar-refractivity contribution >= 4 is 27.5 Å². The Hall–Kier alpha value is -1.69. The molecule has 1 aromatic heterocycles. The molecule has 21 heavy (non-hydrogen) atoms. The van der Waals surface area contributed by atoms with Crippen LogP contribution in [0.5, 0.6) is 0 Å². The molecule has 3 rings (SSSR count). The standard InChI is InChI=1S/C15H12BrClN4/c16-12-8-10(6-7-13(12)17)15(18)14-9-19-20-21(14)11-4-2-1-3-5-11/h1-9,15H,18H2. The molecule has 1 atom stereocenters. The van der Waals surface area contributed by atoms with Crippen LogP contribution in [0.4, 0.5) is 0 Å². The number of nitrogens with zero attached hydrogens (tertiary/aromatic N) is 3. The maximum absolute atomic E-state index is 6.35. The van der Waals surface area contributed by atoms with Crippen molar-refractivity contribution in [2.45, 2.75) is 6.04 Å². The summed E-state index contributed by atoms with van der Waals surface area (Å²) in [7, 11) is 0. The molecule has 0 spiro atoms. The lowest BCUT2D eigenvalue weighted by molar-refractivity contribution is 0.719. The van der Waals surface area contributed by atoms with Crippen LogP contribution in [0.1, 0.15) is 17.3 Å². The highest BCUT2D eigenvalue weighted by Gasteiger charge is 2.16. The Morgan fingerprint density at radius 2 is 1.90 bits per heavy atom. The number of hydrogen-bond donors (Lipinski definition) is 1. The number of hydrogen-bond acceptors (Lipinski definition) is 3. The summed E-state index contributed by atoms with van der Waals surface area (Å²) < 4.78 is 2.56. The van der Waals surface area contributed by atoms with Gasteiger partial charge in [-0.3, -0.25) is 0 Å². The third-order valence-electron chi connectivity index (χ3n) is 3.20. The van der Waals surface area contributed by atoms with Crippen molar-refractivity contribution in [2.24, 2.45) is 5.73 Å². The number of nitrogens with two attached hydrogens (primary N) is 1. The van der Waals surface area contributed by atoms with Crippen molar-refractivity contribution in [2.75, 3.05) is 0 Å². The first-order chi connectivity index (χ1) is 10.2. The van der Waals surface area contributed by atoms with E-state index in [1.807, 2.05) is 48.5 Å². The zero-order valence-electron chi connectivity index (χ0n) is 10.9. The molecular weight excluding hydrogens is 352 g/mol. The molecular formula is C15H12BrClN4. The van der Waals surface area contributed by atoms with E-state index < -0.39 is 0 Å². The van der Waals surface area contributed by atoms with Crippen molar-refractivity contribution in [1.29, 1.82) is 0 Å². The van der Waals surface area contributed by atoms with Crippen LogP contribution in [0.15, 0.2) is 59.2 Å². The van der Waals surface area contributed by atoms with Gasteiger partial charge in [-0.2, -0.15) is 0 Å². The smallest absolute Gasteiger partial charge is 0.0858 e. The van der Waals surface area contributed by atoms with Gasteiger partial charge in [0.05, 0.1) is 28.6 Å². The first kappa shape index (κ1) is 14.3. The average Bonchev–Trinajstić information content (AvgIpc) is 2.99. The minimum Gasteiger partial charge on any atom is -0.319 e. The quantitative estimate of drug-likeness (QED) is 0.771. The maximum atomic E-state index is 6.35. The zero-order valence-corrected chi connectivity index (χ0v) is 13.3. The van der Waals surface area contributed by atoms with Gasteiger partial charge in [0.2, 0.25) is 0 Å². The summed E-state index contributed by atoms with van der Waals surface area (Å²) in [4.78, 5) is 0. The van der Waals surface area contributed by atoms with Crippen LogP contribution in [0.3, 0.4) is 0 Å². The fraction of sp³-hybridized carbons (Fsp3) is 0.0667. The van der Waals surface area contributed by atoms with Gasteiger partial charge in [0, 0.05) is 4.47 Å². The third-order valence-corrected chi connectivity index (χ3v) is 4.41. The minimum absolute atomic E-state index is 0.339. The topological polar surface area (TPSA) is 56.7 Å². The maximum Gasteiger partial charge on any atom is 0.0858 e. The molecule has 0 saturated carbocycles. The molecule has 0 amide bonds. The second-order valence-corrected chi connectivity index (χ2v) is 5.82. The molecule has 0 radical (unpaired) electrons. The highest BCUT2D eigenvalue weighted by atomic mass is 79.9. The van der Waals surface area contributed by atoms with Crippen LogP contribution < -0.4 is 5.73 Å². The van der Waals surface area contributed by atoms with E-state index in [1.165, 1.54) is 0 Å². The van der Waals surface area contributed by atoms with Gasteiger partial charge in [0.15, 0.2) is 0 Å². The van der Waals surface area contributed by atoms with Crippen LogP contribution >= 0.6 is 27.5 Å². The van der Waals surface area contributed by atoms with Crippen LogP contribution in [0, 0.1) is 0 Å². The summed E-state index contributed by atoms with van der Waals surface area (Å²) in [6, 6.07) is 15.1. The van der Waals surface area contributed by atoms with Gasteiger partial charge in [-0.25, -0.2) is 4.68 Å². The summed E-state index contributed by atoms with van der Waals surface area (Å²) in [5.41, 5.74) is 9.03. The predicted molar refractivity (Wildman–Crippen MR) is 86.5 cm³/mol. The van der Waals surface area contributed by atoms with Gasteiger partial charge in [-0.05, 0) is 45.8 Å². The summed E-state index contributed by atoms with van der Waals surface area (Å²) in [5, 5.41) is 8.76. The monoisotopic (exact) mass is 362 g/mol. The van der Waals surface area contributed by atoms with Gasteiger partial charge in [-0.15, -0.1) is 5.10 Å². The molecule has 1 heterocycles. The molecule has 3 aromatic rings. The molecule has 0 aliphatic heterocycles. The van der Waals surface area contributed by atoms with Crippen LogP contribution in [0.25, 0.3) is 5.69 Å². The lowest BCUT2D eigenvalue weighted by Crippen LogP contribution is -2.16. The molecule has 0 fully saturated rings. The lowest BCUT2D eigenvalue weighted by Gasteiger charge is -2.14. The SMILES string of the molecule is NC(c1ccc(Cl)c(Br)c1)c1cnnn1-c1ccccc1. The second-order valence-electron chi connectivity index (χ2n) is 4.56. The fourth-order valence-corrected chi connectivity index (χ4v) is 2.62. The third kappa shape index (κ3) is 2.85. The summed E-state index contributed by atoms with van der Waals surface area (Å²) in [5.74, 6) is 0. The van der Waals surface area contributed by atoms with Gasteiger partial charge in [0.25, 0.3) is 0 Å². The Balaban J connectivity index is 2.01. The highest BCUT2D eigenvalue weighted by molar-refractivity contribution is 9.10. The highest BCUT2D eigenvalue weighted by Crippen LogP contribution is 2.28. The summed E-state index contributed by atoms with van der Waals surface area (Å²) >= 11 is 9.44. The van der Waals surface area contributed by atoms with Crippen molar-refractivity contribution < 1.29 is 0 Å². The van der Waals surface area contributed by atoms with E-state index >= 15 is 0 Å². The normalized spacial score (nSPS) is 12.3. The van der Waals surface area contributed by atoms with Crippen molar-refractivity contribution in [1.82, 2.24) is 15.0 Å². The van der Waals surface area contributed by atoms with Crippen molar-refractivity contribution in [3.8, 4) is 5.69 Å². The van der Waals surface area contributed by atoms with Crippen molar-refractivity contribution in [3.05, 3.63) is 75.5 Å². The van der Waals surface area contributed by atoms with Gasteiger partial charge in [-0.1, -0.05) is 41.1 Å². The van der Waals surface area contributed by atoms with E-state index in [9.17, 15) is 0 Å². The fourth-order valence-electron chi connectivity index (χ4n) is 2.10. The molecule has 106 valence electrons. The van der Waals surface area contributed by atoms with E-state index in [0.29, 0.717) is 5.02 Å². The second kappa shape index (κ2) is 5.97.